The van der Waals surface area contributed by atoms with E-state index in [0.29, 0.717) is 0 Å². The average molecular weight is 257 g/mol. The Labute approximate surface area is 88.2 Å². The molecule has 0 bridgehead atoms. The molecule has 0 aliphatic heterocycles. The van der Waals surface area contributed by atoms with E-state index in [9.17, 15) is 4.39 Å². The predicted octanol–water partition coefficient (Wildman–Crippen LogP) is 4.32. The fourth-order valence-electron chi connectivity index (χ4n) is 1.16. The van der Waals surface area contributed by atoms with Crippen LogP contribution in [0.2, 0.25) is 0 Å². The second kappa shape index (κ2) is 3.60. The highest BCUT2D eigenvalue weighted by molar-refractivity contribution is 9.11. The van der Waals surface area contributed by atoms with Crippen LogP contribution in [-0.4, -0.2) is 0 Å². The molecule has 0 radical (unpaired) electrons. The number of hydrogen-bond acceptors (Lipinski definition) is 1. The highest BCUT2D eigenvalue weighted by Crippen LogP contribution is 2.32. The molecule has 66 valence electrons. The van der Waals surface area contributed by atoms with Crippen LogP contribution >= 0.6 is 27.3 Å². The molecule has 2 aromatic rings. The van der Waals surface area contributed by atoms with Gasteiger partial charge >= 0.3 is 0 Å². The minimum atomic E-state index is -0.199. The molecule has 0 nitrogen and oxygen atoms in total. The summed E-state index contributed by atoms with van der Waals surface area (Å²) in [6, 6.07) is 8.57. The molecule has 3 heteroatoms. The minimum absolute atomic E-state index is 0.199. The third kappa shape index (κ3) is 1.81. The summed E-state index contributed by atoms with van der Waals surface area (Å²) >= 11 is 5.02. The minimum Gasteiger partial charge on any atom is -0.207 e. The molecule has 0 aliphatic rings. The van der Waals surface area contributed by atoms with Crippen LogP contribution in [0.25, 0.3) is 11.1 Å². The lowest BCUT2D eigenvalue weighted by molar-refractivity contribution is 0.628. The first kappa shape index (κ1) is 8.91. The number of thiophene rings is 1. The molecule has 0 N–H and O–H groups in total. The Bertz CT molecular complexity index is 422. The van der Waals surface area contributed by atoms with E-state index in [1.54, 1.807) is 17.4 Å². The molecule has 0 unspecified atom stereocenters. The zero-order valence-corrected chi connectivity index (χ0v) is 9.03. The molecule has 0 spiro atoms. The fraction of sp³-hybridized carbons (Fsp3) is 0. The van der Waals surface area contributed by atoms with Crippen LogP contribution in [0.3, 0.4) is 0 Å². The Morgan fingerprint density at radius 3 is 2.69 bits per heavy atom. The highest BCUT2D eigenvalue weighted by atomic mass is 79.9. The first-order valence-electron chi connectivity index (χ1n) is 3.76. The third-order valence-electron chi connectivity index (χ3n) is 1.75. The lowest BCUT2D eigenvalue weighted by atomic mass is 10.1. The highest BCUT2D eigenvalue weighted by Gasteiger charge is 2.04. The molecule has 2 rings (SSSR count). The van der Waals surface area contributed by atoms with Gasteiger partial charge in [0, 0.05) is 5.56 Å². The van der Waals surface area contributed by atoms with Gasteiger partial charge in [-0.1, -0.05) is 12.1 Å². The van der Waals surface area contributed by atoms with Gasteiger partial charge in [0.2, 0.25) is 0 Å². The smallest absolute Gasteiger partial charge is 0.123 e. The number of benzene rings is 1. The zero-order chi connectivity index (χ0) is 9.26. The topological polar surface area (TPSA) is 0 Å². The lowest BCUT2D eigenvalue weighted by Crippen LogP contribution is -1.76. The van der Waals surface area contributed by atoms with E-state index in [2.05, 4.69) is 15.9 Å². The van der Waals surface area contributed by atoms with Crippen LogP contribution in [0.5, 0.6) is 0 Å². The zero-order valence-electron chi connectivity index (χ0n) is 6.63. The predicted molar refractivity (Wildman–Crippen MR) is 57.4 cm³/mol. The van der Waals surface area contributed by atoms with Gasteiger partial charge in [-0.2, -0.15) is 0 Å². The van der Waals surface area contributed by atoms with E-state index in [-0.39, 0.29) is 5.82 Å². The largest absolute Gasteiger partial charge is 0.207 e. The van der Waals surface area contributed by atoms with Crippen molar-refractivity contribution < 1.29 is 4.39 Å². The Balaban J connectivity index is 2.53. The molecule has 1 aromatic carbocycles. The van der Waals surface area contributed by atoms with Crippen molar-refractivity contribution in [2.45, 2.75) is 0 Å². The van der Waals surface area contributed by atoms with Crippen molar-refractivity contribution >= 4 is 27.3 Å². The van der Waals surface area contributed by atoms with Crippen LogP contribution in [0.1, 0.15) is 0 Å². The van der Waals surface area contributed by atoms with Gasteiger partial charge in [-0.15, -0.1) is 11.3 Å². The Hall–Kier alpha value is -0.670. The van der Waals surface area contributed by atoms with Gasteiger partial charge < -0.3 is 0 Å². The van der Waals surface area contributed by atoms with Crippen LogP contribution in [0, 0.1) is 5.82 Å². The standard InChI is InChI=1S/C10H6BrFS/c11-10-9(4-5-13-10)7-2-1-3-8(12)6-7/h1-6H. The van der Waals surface area contributed by atoms with Crippen LogP contribution in [-0.2, 0) is 0 Å². The van der Waals surface area contributed by atoms with Crippen LogP contribution in [0.15, 0.2) is 39.5 Å². The maximum absolute atomic E-state index is 12.9. The van der Waals surface area contributed by atoms with Gasteiger partial charge in [-0.05, 0) is 45.1 Å². The Kier molecular flexibility index (Phi) is 2.47. The van der Waals surface area contributed by atoms with Gasteiger partial charge in [-0.25, -0.2) is 4.39 Å². The molecule has 1 aromatic heterocycles. The van der Waals surface area contributed by atoms with Gasteiger partial charge in [0.1, 0.15) is 5.82 Å². The molecule has 0 fully saturated rings. The normalized spacial score (nSPS) is 10.3. The third-order valence-corrected chi connectivity index (χ3v) is 3.44. The first-order chi connectivity index (χ1) is 6.27. The molecule has 0 amide bonds. The quantitative estimate of drug-likeness (QED) is 0.713. The van der Waals surface area contributed by atoms with E-state index in [0.717, 1.165) is 14.9 Å². The molecule has 0 aliphatic carbocycles. The van der Waals surface area contributed by atoms with Crippen molar-refractivity contribution in [2.24, 2.45) is 0 Å². The Morgan fingerprint density at radius 1 is 1.23 bits per heavy atom. The number of rotatable bonds is 1. The van der Waals surface area contributed by atoms with Crippen LogP contribution < -0.4 is 0 Å². The SMILES string of the molecule is Fc1cccc(-c2ccsc2Br)c1. The molecule has 0 saturated carbocycles. The molecule has 0 saturated heterocycles. The van der Waals surface area contributed by atoms with Gasteiger partial charge in [-0.3, -0.25) is 0 Å². The van der Waals surface area contributed by atoms with Crippen molar-refractivity contribution in [3.05, 3.63) is 45.3 Å². The van der Waals surface area contributed by atoms with E-state index in [1.807, 2.05) is 17.5 Å². The van der Waals surface area contributed by atoms with Crippen LogP contribution in [0.4, 0.5) is 4.39 Å². The number of hydrogen-bond donors (Lipinski definition) is 0. The molecule has 13 heavy (non-hydrogen) atoms. The molecule has 0 atom stereocenters. The first-order valence-corrected chi connectivity index (χ1v) is 5.43. The summed E-state index contributed by atoms with van der Waals surface area (Å²) in [6.07, 6.45) is 0. The van der Waals surface area contributed by atoms with Gasteiger partial charge in [0.25, 0.3) is 0 Å². The van der Waals surface area contributed by atoms with Gasteiger partial charge in [0.15, 0.2) is 0 Å². The summed E-state index contributed by atoms with van der Waals surface area (Å²) in [6.45, 7) is 0. The lowest BCUT2D eigenvalue weighted by Gasteiger charge is -1.98. The second-order valence-corrected chi connectivity index (χ2v) is 4.85. The Morgan fingerprint density at radius 2 is 2.08 bits per heavy atom. The summed E-state index contributed by atoms with van der Waals surface area (Å²) in [5, 5.41) is 1.98. The summed E-state index contributed by atoms with van der Waals surface area (Å²) in [7, 11) is 0. The van der Waals surface area contributed by atoms with Crippen molar-refractivity contribution in [3.8, 4) is 11.1 Å². The van der Waals surface area contributed by atoms with E-state index in [4.69, 9.17) is 0 Å². The summed E-state index contributed by atoms with van der Waals surface area (Å²) in [5.74, 6) is -0.199. The van der Waals surface area contributed by atoms with Crippen molar-refractivity contribution in [2.75, 3.05) is 0 Å². The number of halogens is 2. The second-order valence-electron chi connectivity index (χ2n) is 2.62. The van der Waals surface area contributed by atoms with Crippen molar-refractivity contribution in [3.63, 3.8) is 0 Å². The summed E-state index contributed by atoms with van der Waals surface area (Å²) in [4.78, 5) is 0. The van der Waals surface area contributed by atoms with Crippen molar-refractivity contribution in [1.29, 1.82) is 0 Å². The van der Waals surface area contributed by atoms with E-state index in [1.165, 1.54) is 12.1 Å². The average Bonchev–Trinajstić information content (AvgIpc) is 2.51. The molecule has 1 heterocycles. The van der Waals surface area contributed by atoms with Crippen molar-refractivity contribution in [1.82, 2.24) is 0 Å². The maximum Gasteiger partial charge on any atom is 0.123 e. The van der Waals surface area contributed by atoms with E-state index >= 15 is 0 Å². The molecular formula is C10H6BrFS. The van der Waals surface area contributed by atoms with Gasteiger partial charge in [0.05, 0.1) is 3.79 Å². The summed E-state index contributed by atoms with van der Waals surface area (Å²) in [5.41, 5.74) is 1.96. The molecular weight excluding hydrogens is 251 g/mol. The monoisotopic (exact) mass is 256 g/mol. The fourth-order valence-corrected chi connectivity index (χ4v) is 2.48. The maximum atomic E-state index is 12.9. The van der Waals surface area contributed by atoms with E-state index < -0.39 is 0 Å². The summed E-state index contributed by atoms with van der Waals surface area (Å²) < 4.78 is 13.9.